The van der Waals surface area contributed by atoms with E-state index in [1.807, 2.05) is 27.7 Å². The number of methoxy groups -OCH3 is 1. The molecular formula is C15H29O9P2Y+. The first-order valence-electron chi connectivity index (χ1n) is 8.70. The molecule has 2 fully saturated rings. The van der Waals surface area contributed by atoms with Crippen molar-refractivity contribution in [3.05, 3.63) is 0 Å². The van der Waals surface area contributed by atoms with Crippen LogP contribution in [0.2, 0.25) is 0 Å². The van der Waals surface area contributed by atoms with Crippen LogP contribution in [0.25, 0.3) is 0 Å². The van der Waals surface area contributed by atoms with Gasteiger partial charge in [-0.1, -0.05) is 13.8 Å². The van der Waals surface area contributed by atoms with Gasteiger partial charge in [-0.05, 0) is 13.8 Å². The number of ether oxygens (including phenoxy) is 3. The summed E-state index contributed by atoms with van der Waals surface area (Å²) in [4.78, 5) is 9.02. The molecule has 0 spiro atoms. The van der Waals surface area contributed by atoms with Crippen molar-refractivity contribution in [2.45, 2.75) is 64.3 Å². The molecule has 0 aromatic carbocycles. The van der Waals surface area contributed by atoms with Crippen LogP contribution in [0, 0.1) is 11.8 Å². The second kappa shape index (κ2) is 12.1. The molecule has 0 bridgehead atoms. The maximum Gasteiger partial charge on any atom is 0.695 e. The normalized spacial score (nSPS) is 40.6. The molecule has 0 saturated carbocycles. The van der Waals surface area contributed by atoms with Crippen molar-refractivity contribution in [1.82, 2.24) is 0 Å². The Morgan fingerprint density at radius 2 is 1.52 bits per heavy atom. The van der Waals surface area contributed by atoms with E-state index in [4.69, 9.17) is 32.7 Å². The molecule has 2 aliphatic rings. The minimum absolute atomic E-state index is 0. The molecule has 9 nitrogen and oxygen atoms in total. The topological polar surface area (TPSA) is 110 Å². The van der Waals surface area contributed by atoms with Gasteiger partial charge in [0.15, 0.2) is 0 Å². The van der Waals surface area contributed by atoms with Gasteiger partial charge in [0.25, 0.3) is 0 Å². The first-order chi connectivity index (χ1) is 12.2. The quantitative estimate of drug-likeness (QED) is 0.473. The second-order valence-electron chi connectivity index (χ2n) is 6.88. The number of rotatable bonds is 9. The first-order valence-corrected chi connectivity index (χ1v) is 11.1. The van der Waals surface area contributed by atoms with Crippen molar-refractivity contribution < 1.29 is 74.5 Å². The van der Waals surface area contributed by atoms with Crippen molar-refractivity contribution in [3.63, 3.8) is 0 Å². The maximum atomic E-state index is 12.3. The molecule has 155 valence electrons. The Balaban J connectivity index is 0.00000364. The van der Waals surface area contributed by atoms with E-state index in [0.717, 1.165) is 0 Å². The fraction of sp³-hybridized carbons (Fsp3) is 1.00. The zero-order valence-electron chi connectivity index (χ0n) is 16.3. The molecule has 1 radical (unpaired) electrons. The summed E-state index contributed by atoms with van der Waals surface area (Å²) >= 11 is 0. The summed E-state index contributed by atoms with van der Waals surface area (Å²) in [6.45, 7) is 7.90. The van der Waals surface area contributed by atoms with Crippen LogP contribution in [-0.4, -0.2) is 61.8 Å². The van der Waals surface area contributed by atoms with Crippen LogP contribution in [0.5, 0.6) is 0 Å². The van der Waals surface area contributed by atoms with E-state index in [2.05, 4.69) is 0 Å². The van der Waals surface area contributed by atoms with Crippen LogP contribution in [-0.2, 0) is 69.6 Å². The Morgan fingerprint density at radius 1 is 1.00 bits per heavy atom. The molecule has 27 heavy (non-hydrogen) atoms. The van der Waals surface area contributed by atoms with Crippen molar-refractivity contribution >= 4 is 16.5 Å². The third-order valence-corrected chi connectivity index (χ3v) is 6.46. The van der Waals surface area contributed by atoms with Gasteiger partial charge >= 0.3 is 16.5 Å². The molecule has 2 aliphatic heterocycles. The molecular weight excluding hydrogens is 475 g/mol. The van der Waals surface area contributed by atoms with Crippen LogP contribution < -0.4 is 0 Å². The predicted octanol–water partition coefficient (Wildman–Crippen LogP) is 2.30. The second-order valence-corrected chi connectivity index (χ2v) is 8.60. The van der Waals surface area contributed by atoms with Crippen molar-refractivity contribution in [2.75, 3.05) is 20.3 Å². The Labute approximate surface area is 186 Å². The zero-order valence-corrected chi connectivity index (χ0v) is 21.0. The number of hydrogen-bond acceptors (Lipinski definition) is 8. The van der Waals surface area contributed by atoms with Crippen LogP contribution in [0.1, 0.15) is 27.7 Å². The average Bonchev–Trinajstić information content (AvgIpc) is 2.98. The standard InChI is InChI=1S/C15H28O9P2.Y/c1-8-10(3)22-13(14(8)23-25(16)17)7-20-26(18)24-15-9(2)11(4)21-12(15)6-19-5;/h8-15,26H,6-7H2,1-5H3;/p+1/t8-,9-,10+,11+,12-,13-,14?,15?;/m1./s1. The van der Waals surface area contributed by atoms with Crippen molar-refractivity contribution in [3.8, 4) is 0 Å². The van der Waals surface area contributed by atoms with Gasteiger partial charge in [-0.15, -0.1) is 9.42 Å². The zero-order chi connectivity index (χ0) is 19.4. The van der Waals surface area contributed by atoms with E-state index < -0.39 is 34.8 Å². The van der Waals surface area contributed by atoms with Gasteiger partial charge < -0.3 is 23.3 Å². The summed E-state index contributed by atoms with van der Waals surface area (Å²) in [6, 6.07) is 0. The summed E-state index contributed by atoms with van der Waals surface area (Å²) in [7, 11) is -4.00. The fourth-order valence-corrected chi connectivity index (χ4v) is 4.84. The first kappa shape index (κ1) is 26.2. The van der Waals surface area contributed by atoms with Gasteiger partial charge in [0.05, 0.1) is 25.4 Å². The van der Waals surface area contributed by atoms with E-state index in [9.17, 15) is 9.13 Å². The molecule has 0 amide bonds. The van der Waals surface area contributed by atoms with Crippen LogP contribution in [0.3, 0.4) is 0 Å². The van der Waals surface area contributed by atoms with Gasteiger partial charge in [-0.2, -0.15) is 0 Å². The SMILES string of the molecule is COC[C@H]1O[C@@H](C)[C@@H](C)C1O[PH](=O)OC[C@H]1O[C@@H](C)[C@@H](C)C1O[P+](=O)O.[Y]. The smallest absolute Gasteiger partial charge is 0.382 e. The monoisotopic (exact) mass is 504 g/mol. The van der Waals surface area contributed by atoms with Gasteiger partial charge in [0.1, 0.15) is 24.4 Å². The summed E-state index contributed by atoms with van der Waals surface area (Å²) < 4.78 is 55.9. The molecule has 10 atom stereocenters. The Morgan fingerprint density at radius 3 is 2.04 bits per heavy atom. The van der Waals surface area contributed by atoms with E-state index in [1.165, 1.54) is 0 Å². The molecule has 0 aliphatic carbocycles. The average molecular weight is 504 g/mol. The van der Waals surface area contributed by atoms with Gasteiger partial charge in [-0.3, -0.25) is 4.57 Å². The third-order valence-electron chi connectivity index (χ3n) is 5.17. The van der Waals surface area contributed by atoms with E-state index in [0.29, 0.717) is 6.61 Å². The van der Waals surface area contributed by atoms with E-state index >= 15 is 0 Å². The molecule has 1 N–H and O–H groups in total. The molecule has 0 aromatic rings. The minimum atomic E-state index is -2.81. The van der Waals surface area contributed by atoms with Crippen LogP contribution >= 0.6 is 16.5 Å². The summed E-state index contributed by atoms with van der Waals surface area (Å²) in [6.07, 6.45) is -2.09. The van der Waals surface area contributed by atoms with Crippen molar-refractivity contribution in [2.24, 2.45) is 11.8 Å². The van der Waals surface area contributed by atoms with E-state index in [-0.39, 0.29) is 69.5 Å². The van der Waals surface area contributed by atoms with E-state index in [1.54, 1.807) is 7.11 Å². The summed E-state index contributed by atoms with van der Waals surface area (Å²) in [5.74, 6) is -0.0434. The molecule has 4 unspecified atom stereocenters. The molecule has 2 rings (SSSR count). The molecule has 0 aromatic heterocycles. The van der Waals surface area contributed by atoms with Crippen molar-refractivity contribution in [1.29, 1.82) is 0 Å². The predicted molar refractivity (Wildman–Crippen MR) is 93.4 cm³/mol. The van der Waals surface area contributed by atoms with Gasteiger partial charge in [-0.25, -0.2) is 0 Å². The Bertz CT molecular complexity index is 512. The fourth-order valence-electron chi connectivity index (χ4n) is 3.34. The van der Waals surface area contributed by atoms with Crippen LogP contribution in [0.15, 0.2) is 0 Å². The van der Waals surface area contributed by atoms with Crippen LogP contribution in [0.4, 0.5) is 0 Å². The van der Waals surface area contributed by atoms with Gasteiger partial charge in [0.2, 0.25) is 0 Å². The van der Waals surface area contributed by atoms with Gasteiger partial charge in [0, 0.05) is 56.2 Å². The molecule has 2 heterocycles. The summed E-state index contributed by atoms with van der Waals surface area (Å²) in [5, 5.41) is 0. The molecule has 2 saturated heterocycles. The Kier molecular flexibility index (Phi) is 11.8. The summed E-state index contributed by atoms with van der Waals surface area (Å²) in [5.41, 5.74) is 0. The molecule has 12 heteroatoms. The third kappa shape index (κ3) is 7.11. The number of hydrogen-bond donors (Lipinski definition) is 1. The largest absolute Gasteiger partial charge is 0.695 e. The minimum Gasteiger partial charge on any atom is -0.382 e. The Hall–Kier alpha value is 1.15. The maximum absolute atomic E-state index is 12.3.